The van der Waals surface area contributed by atoms with Gasteiger partial charge in [0.05, 0.1) is 6.61 Å². The van der Waals surface area contributed by atoms with Gasteiger partial charge in [-0.05, 0) is 27.9 Å². The van der Waals surface area contributed by atoms with Crippen LogP contribution in [0.15, 0.2) is 24.3 Å². The molecular formula is C11H13BrCl2O. The number of alkyl halides is 3. The fourth-order valence-electron chi connectivity index (χ4n) is 1.08. The number of hydrogen-bond donors (Lipinski definition) is 0. The molecule has 1 aromatic rings. The van der Waals surface area contributed by atoms with E-state index >= 15 is 0 Å². The van der Waals surface area contributed by atoms with Crippen LogP contribution >= 0.6 is 39.1 Å². The summed E-state index contributed by atoms with van der Waals surface area (Å²) in [6.45, 7) is 4.82. The first-order chi connectivity index (χ1) is 6.91. The Hall–Kier alpha value is 0.0800. The fourth-order valence-corrected chi connectivity index (χ4v) is 1.72. The minimum Gasteiger partial charge on any atom is -0.493 e. The van der Waals surface area contributed by atoms with E-state index in [2.05, 4.69) is 29.8 Å². The van der Waals surface area contributed by atoms with E-state index in [1.54, 1.807) is 0 Å². The second-order valence-corrected chi connectivity index (χ2v) is 7.13. The predicted octanol–water partition coefficient (Wildman–Crippen LogP) is 4.70. The van der Waals surface area contributed by atoms with Gasteiger partial charge in [0.25, 0.3) is 0 Å². The SMILES string of the molecule is CC(C)COc1ccccc1C(Cl)(Cl)Br. The first-order valence-corrected chi connectivity index (χ1v) is 6.25. The molecule has 84 valence electrons. The molecule has 0 radical (unpaired) electrons. The number of hydrogen-bond acceptors (Lipinski definition) is 1. The van der Waals surface area contributed by atoms with Crippen LogP contribution in [0.4, 0.5) is 0 Å². The van der Waals surface area contributed by atoms with Gasteiger partial charge in [-0.3, -0.25) is 0 Å². The average Bonchev–Trinajstić information content (AvgIpc) is 2.13. The molecule has 0 aliphatic heterocycles. The van der Waals surface area contributed by atoms with Crippen molar-refractivity contribution >= 4 is 39.1 Å². The molecule has 0 spiro atoms. The summed E-state index contributed by atoms with van der Waals surface area (Å²) in [5.74, 6) is 1.18. The van der Waals surface area contributed by atoms with E-state index in [1.165, 1.54) is 0 Å². The Balaban J connectivity index is 2.87. The van der Waals surface area contributed by atoms with Crippen LogP contribution in [0.5, 0.6) is 5.75 Å². The lowest BCUT2D eigenvalue weighted by molar-refractivity contribution is 0.269. The van der Waals surface area contributed by atoms with Crippen LogP contribution in [0, 0.1) is 5.92 Å². The van der Waals surface area contributed by atoms with Crippen LogP contribution < -0.4 is 4.74 Å². The van der Waals surface area contributed by atoms with Crippen LogP contribution in [0.25, 0.3) is 0 Å². The molecule has 0 aliphatic carbocycles. The Morgan fingerprint density at radius 3 is 2.47 bits per heavy atom. The Morgan fingerprint density at radius 2 is 1.93 bits per heavy atom. The van der Waals surface area contributed by atoms with Crippen molar-refractivity contribution in [1.29, 1.82) is 0 Å². The lowest BCUT2D eigenvalue weighted by Crippen LogP contribution is -2.09. The Bertz CT molecular complexity index is 321. The van der Waals surface area contributed by atoms with Crippen molar-refractivity contribution in [2.45, 2.75) is 17.1 Å². The lowest BCUT2D eigenvalue weighted by Gasteiger charge is -2.17. The van der Waals surface area contributed by atoms with Crippen molar-refractivity contribution in [1.82, 2.24) is 0 Å². The maximum absolute atomic E-state index is 5.98. The van der Waals surface area contributed by atoms with Gasteiger partial charge < -0.3 is 4.74 Å². The first-order valence-electron chi connectivity index (χ1n) is 4.70. The summed E-state index contributed by atoms with van der Waals surface area (Å²) in [5, 5.41) is 0. The molecule has 0 atom stereocenters. The summed E-state index contributed by atoms with van der Waals surface area (Å²) >= 11 is 15.2. The molecule has 0 heterocycles. The third-order valence-electron chi connectivity index (χ3n) is 1.76. The summed E-state index contributed by atoms with van der Waals surface area (Å²) < 4.78 is 4.53. The van der Waals surface area contributed by atoms with E-state index < -0.39 is 3.24 Å². The van der Waals surface area contributed by atoms with E-state index in [0.717, 1.165) is 5.56 Å². The van der Waals surface area contributed by atoms with Gasteiger partial charge in [-0.1, -0.05) is 55.2 Å². The first kappa shape index (κ1) is 13.1. The van der Waals surface area contributed by atoms with E-state index in [4.69, 9.17) is 27.9 Å². The third kappa shape index (κ3) is 4.21. The van der Waals surface area contributed by atoms with E-state index in [0.29, 0.717) is 18.3 Å². The molecule has 1 aromatic carbocycles. The lowest BCUT2D eigenvalue weighted by atomic mass is 10.2. The van der Waals surface area contributed by atoms with Crippen LogP contribution in [0.1, 0.15) is 19.4 Å². The van der Waals surface area contributed by atoms with Crippen molar-refractivity contribution in [3.8, 4) is 5.75 Å². The Kier molecular flexibility index (Phi) is 4.75. The molecule has 0 bridgehead atoms. The number of benzene rings is 1. The zero-order chi connectivity index (χ0) is 11.5. The van der Waals surface area contributed by atoms with Crippen LogP contribution in [0.2, 0.25) is 0 Å². The minimum absolute atomic E-state index is 0.466. The van der Waals surface area contributed by atoms with Crippen LogP contribution in [-0.4, -0.2) is 6.61 Å². The average molecular weight is 312 g/mol. The van der Waals surface area contributed by atoms with Crippen molar-refractivity contribution in [3.63, 3.8) is 0 Å². The Morgan fingerprint density at radius 1 is 1.33 bits per heavy atom. The van der Waals surface area contributed by atoms with E-state index in [9.17, 15) is 0 Å². The molecule has 0 saturated heterocycles. The second-order valence-electron chi connectivity index (χ2n) is 3.70. The zero-order valence-corrected chi connectivity index (χ0v) is 11.7. The molecule has 0 N–H and O–H groups in total. The minimum atomic E-state index is -1.10. The smallest absolute Gasteiger partial charge is 0.200 e. The van der Waals surface area contributed by atoms with Crippen molar-refractivity contribution in [2.75, 3.05) is 6.61 Å². The number of para-hydroxylation sites is 1. The molecule has 0 aromatic heterocycles. The monoisotopic (exact) mass is 310 g/mol. The van der Waals surface area contributed by atoms with Gasteiger partial charge in [0, 0.05) is 5.56 Å². The van der Waals surface area contributed by atoms with Gasteiger partial charge in [0.1, 0.15) is 5.75 Å². The van der Waals surface area contributed by atoms with Gasteiger partial charge in [-0.15, -0.1) is 0 Å². The molecule has 4 heteroatoms. The van der Waals surface area contributed by atoms with Gasteiger partial charge in [0.15, 0.2) is 0 Å². The fraction of sp³-hybridized carbons (Fsp3) is 0.455. The Labute approximate surface area is 109 Å². The summed E-state index contributed by atoms with van der Waals surface area (Å²) in [5.41, 5.74) is 0.731. The largest absolute Gasteiger partial charge is 0.493 e. The number of ether oxygens (including phenoxy) is 1. The highest BCUT2D eigenvalue weighted by Crippen LogP contribution is 2.44. The van der Waals surface area contributed by atoms with Crippen molar-refractivity contribution in [3.05, 3.63) is 29.8 Å². The molecule has 1 nitrogen and oxygen atoms in total. The highest BCUT2D eigenvalue weighted by atomic mass is 79.9. The summed E-state index contributed by atoms with van der Waals surface area (Å²) in [6.07, 6.45) is 0. The molecule has 0 amide bonds. The predicted molar refractivity (Wildman–Crippen MR) is 69.1 cm³/mol. The zero-order valence-electron chi connectivity index (χ0n) is 8.64. The number of rotatable bonds is 4. The van der Waals surface area contributed by atoms with Crippen LogP contribution in [-0.2, 0) is 3.24 Å². The van der Waals surface area contributed by atoms with Gasteiger partial charge in [-0.2, -0.15) is 0 Å². The van der Waals surface area contributed by atoms with Crippen LogP contribution in [0.3, 0.4) is 0 Å². The molecule has 15 heavy (non-hydrogen) atoms. The van der Waals surface area contributed by atoms with E-state index in [1.807, 2.05) is 24.3 Å². The molecule has 1 rings (SSSR count). The molecular weight excluding hydrogens is 299 g/mol. The van der Waals surface area contributed by atoms with Gasteiger partial charge >= 0.3 is 0 Å². The molecule has 0 aliphatic rings. The maximum atomic E-state index is 5.98. The summed E-state index contributed by atoms with van der Waals surface area (Å²) in [6, 6.07) is 7.47. The topological polar surface area (TPSA) is 9.23 Å². The van der Waals surface area contributed by atoms with E-state index in [-0.39, 0.29) is 0 Å². The van der Waals surface area contributed by atoms with Gasteiger partial charge in [0.2, 0.25) is 3.24 Å². The highest BCUT2D eigenvalue weighted by molar-refractivity contribution is 9.10. The summed E-state index contributed by atoms with van der Waals surface area (Å²) in [4.78, 5) is 0. The standard InChI is InChI=1S/C11H13BrCl2O/c1-8(2)7-15-10-6-4-3-5-9(10)11(12,13)14/h3-6,8H,7H2,1-2H3. The van der Waals surface area contributed by atoms with Gasteiger partial charge in [-0.25, -0.2) is 0 Å². The summed E-state index contributed by atoms with van der Waals surface area (Å²) in [7, 11) is 0. The highest BCUT2D eigenvalue weighted by Gasteiger charge is 2.25. The molecule has 0 fully saturated rings. The quantitative estimate of drug-likeness (QED) is 0.732. The third-order valence-corrected chi connectivity index (χ3v) is 2.60. The van der Waals surface area contributed by atoms with Crippen molar-refractivity contribution < 1.29 is 4.74 Å². The number of halogens is 3. The second kappa shape index (κ2) is 5.42. The maximum Gasteiger partial charge on any atom is 0.200 e. The normalized spacial score (nSPS) is 11.9. The molecule has 0 unspecified atom stereocenters. The van der Waals surface area contributed by atoms with Crippen molar-refractivity contribution in [2.24, 2.45) is 5.92 Å². The molecule has 0 saturated carbocycles.